The maximum absolute atomic E-state index is 12.5. The van der Waals surface area contributed by atoms with Gasteiger partial charge in [0.15, 0.2) is 0 Å². The van der Waals surface area contributed by atoms with Crippen LogP contribution in [0.15, 0.2) is 47.2 Å². The van der Waals surface area contributed by atoms with E-state index in [9.17, 15) is 4.79 Å². The summed E-state index contributed by atoms with van der Waals surface area (Å²) in [7, 11) is 0. The lowest BCUT2D eigenvalue weighted by molar-refractivity contribution is -0.117. The third kappa shape index (κ3) is 3.00. The molecule has 7 heteroatoms. The van der Waals surface area contributed by atoms with Gasteiger partial charge in [-0.3, -0.25) is 9.78 Å². The smallest absolute Gasteiger partial charge is 0.232 e. The zero-order chi connectivity index (χ0) is 17.4. The Bertz CT molecular complexity index is 926. The summed E-state index contributed by atoms with van der Waals surface area (Å²) in [6.45, 7) is 2.46. The maximum Gasteiger partial charge on any atom is 0.232 e. The van der Waals surface area contributed by atoms with Crippen molar-refractivity contribution in [2.45, 2.75) is 19.3 Å². The van der Waals surface area contributed by atoms with Crippen molar-refractivity contribution >= 4 is 23.2 Å². The van der Waals surface area contributed by atoms with Gasteiger partial charge in [-0.25, -0.2) is 0 Å². The van der Waals surface area contributed by atoms with Crippen LogP contribution in [0.3, 0.4) is 0 Å². The number of pyridine rings is 1. The molecule has 1 saturated heterocycles. The summed E-state index contributed by atoms with van der Waals surface area (Å²) in [6.07, 6.45) is 3.69. The number of nitrogens with zero attached hydrogens (tertiary/aromatic N) is 4. The fraction of sp³-hybridized carbons (Fsp3) is 0.222. The van der Waals surface area contributed by atoms with E-state index in [4.69, 9.17) is 16.1 Å². The second-order valence-electron chi connectivity index (χ2n) is 6.03. The Hall–Kier alpha value is -2.73. The van der Waals surface area contributed by atoms with Crippen molar-refractivity contribution in [3.63, 3.8) is 0 Å². The molecule has 6 nitrogen and oxygen atoms in total. The zero-order valence-corrected chi connectivity index (χ0v) is 14.3. The Morgan fingerprint density at radius 2 is 2.04 bits per heavy atom. The quantitative estimate of drug-likeness (QED) is 0.718. The van der Waals surface area contributed by atoms with Crippen LogP contribution >= 0.6 is 11.6 Å². The van der Waals surface area contributed by atoms with Gasteiger partial charge in [-0.2, -0.15) is 4.98 Å². The van der Waals surface area contributed by atoms with Crippen LogP contribution in [0.4, 0.5) is 5.69 Å². The van der Waals surface area contributed by atoms with E-state index in [1.54, 1.807) is 17.3 Å². The molecule has 4 rings (SSSR count). The zero-order valence-electron chi connectivity index (χ0n) is 13.5. The molecule has 1 aromatic carbocycles. The number of halogens is 1. The molecule has 1 fully saturated rings. The van der Waals surface area contributed by atoms with Crippen LogP contribution in [0.5, 0.6) is 0 Å². The van der Waals surface area contributed by atoms with Crippen LogP contribution in [0.25, 0.3) is 11.4 Å². The minimum absolute atomic E-state index is 0.0269. The first-order chi connectivity index (χ1) is 12.1. The number of carbonyl (C=O) groups is 1. The van der Waals surface area contributed by atoms with Gasteiger partial charge in [0.1, 0.15) is 0 Å². The Balaban J connectivity index is 1.59. The minimum Gasteiger partial charge on any atom is -0.339 e. The number of aromatic nitrogens is 3. The van der Waals surface area contributed by atoms with E-state index in [-0.39, 0.29) is 11.8 Å². The first-order valence-electron chi connectivity index (χ1n) is 7.92. The van der Waals surface area contributed by atoms with Gasteiger partial charge in [0.05, 0.1) is 5.92 Å². The second kappa shape index (κ2) is 6.29. The molecule has 1 aliphatic rings. The van der Waals surface area contributed by atoms with Crippen LogP contribution in [-0.4, -0.2) is 27.6 Å². The monoisotopic (exact) mass is 354 g/mol. The molecule has 0 N–H and O–H groups in total. The molecule has 1 aliphatic heterocycles. The van der Waals surface area contributed by atoms with Crippen LogP contribution in [0, 0.1) is 6.92 Å². The van der Waals surface area contributed by atoms with Crippen molar-refractivity contribution in [3.05, 3.63) is 59.2 Å². The number of anilines is 1. The first kappa shape index (κ1) is 15.8. The summed E-state index contributed by atoms with van der Waals surface area (Å²) in [6, 6.07) is 9.17. The highest BCUT2D eigenvalue weighted by Gasteiger charge is 2.35. The van der Waals surface area contributed by atoms with Crippen molar-refractivity contribution in [2.75, 3.05) is 11.4 Å². The van der Waals surface area contributed by atoms with Crippen molar-refractivity contribution in [1.29, 1.82) is 0 Å². The topological polar surface area (TPSA) is 72.1 Å². The number of amides is 1. The number of rotatable bonds is 3. The second-order valence-corrected chi connectivity index (χ2v) is 6.46. The van der Waals surface area contributed by atoms with Gasteiger partial charge >= 0.3 is 0 Å². The summed E-state index contributed by atoms with van der Waals surface area (Å²) in [5, 5.41) is 4.63. The van der Waals surface area contributed by atoms with Gasteiger partial charge in [-0.1, -0.05) is 22.8 Å². The number of hydrogen-bond donors (Lipinski definition) is 0. The highest BCUT2D eigenvalue weighted by Crippen LogP contribution is 2.34. The first-order valence-corrected chi connectivity index (χ1v) is 8.30. The molecular weight excluding hydrogens is 340 g/mol. The van der Waals surface area contributed by atoms with Crippen LogP contribution in [0.1, 0.15) is 23.8 Å². The van der Waals surface area contributed by atoms with E-state index in [0.29, 0.717) is 29.7 Å². The van der Waals surface area contributed by atoms with Crippen molar-refractivity contribution in [3.8, 4) is 11.4 Å². The molecule has 0 aliphatic carbocycles. The third-order valence-electron chi connectivity index (χ3n) is 4.32. The summed E-state index contributed by atoms with van der Waals surface area (Å²) < 4.78 is 5.40. The van der Waals surface area contributed by atoms with Crippen LogP contribution in [0.2, 0.25) is 5.02 Å². The predicted octanol–water partition coefficient (Wildman–Crippen LogP) is 3.61. The fourth-order valence-corrected chi connectivity index (χ4v) is 3.16. The van der Waals surface area contributed by atoms with E-state index < -0.39 is 0 Å². The lowest BCUT2D eigenvalue weighted by Crippen LogP contribution is -2.25. The number of benzene rings is 1. The van der Waals surface area contributed by atoms with Crippen LogP contribution < -0.4 is 4.90 Å². The molecule has 2 aromatic heterocycles. The molecule has 1 unspecified atom stereocenters. The molecule has 1 atom stereocenters. The van der Waals surface area contributed by atoms with E-state index in [2.05, 4.69) is 15.1 Å². The average Bonchev–Trinajstić information content (AvgIpc) is 3.25. The lowest BCUT2D eigenvalue weighted by atomic mass is 10.1. The fourth-order valence-electron chi connectivity index (χ4n) is 3.00. The highest BCUT2D eigenvalue weighted by molar-refractivity contribution is 6.31. The number of aryl methyl sites for hydroxylation is 1. The van der Waals surface area contributed by atoms with E-state index in [1.165, 1.54) is 0 Å². The standard InChI is InChI=1S/C18H15ClN4O2/c1-11-2-3-14(19)9-15(11)23-10-13(8-16(23)24)18-21-17(22-25-18)12-4-6-20-7-5-12/h2-7,9,13H,8,10H2,1H3. The normalized spacial score (nSPS) is 17.3. The highest BCUT2D eigenvalue weighted by atomic mass is 35.5. The lowest BCUT2D eigenvalue weighted by Gasteiger charge is -2.18. The summed E-state index contributed by atoms with van der Waals surface area (Å²) in [4.78, 5) is 22.7. The number of carbonyl (C=O) groups excluding carboxylic acids is 1. The van der Waals surface area contributed by atoms with E-state index in [1.807, 2.05) is 37.3 Å². The van der Waals surface area contributed by atoms with Gasteiger partial charge in [-0.15, -0.1) is 0 Å². The van der Waals surface area contributed by atoms with Gasteiger partial charge in [-0.05, 0) is 36.8 Å². The molecule has 3 heterocycles. The molecule has 126 valence electrons. The van der Waals surface area contributed by atoms with E-state index >= 15 is 0 Å². The summed E-state index contributed by atoms with van der Waals surface area (Å²) in [5.74, 6) is 0.873. The summed E-state index contributed by atoms with van der Waals surface area (Å²) >= 11 is 6.08. The molecule has 0 spiro atoms. The molecule has 1 amide bonds. The van der Waals surface area contributed by atoms with Gasteiger partial charge in [0.2, 0.25) is 17.6 Å². The van der Waals surface area contributed by atoms with Crippen molar-refractivity contribution in [2.24, 2.45) is 0 Å². The predicted molar refractivity (Wildman–Crippen MR) is 93.4 cm³/mol. The SMILES string of the molecule is Cc1ccc(Cl)cc1N1CC(c2nc(-c3ccncc3)no2)CC1=O. The Kier molecular flexibility index (Phi) is 3.97. The van der Waals surface area contributed by atoms with E-state index in [0.717, 1.165) is 16.8 Å². The Labute approximate surface area is 149 Å². The minimum atomic E-state index is -0.131. The Morgan fingerprint density at radius 1 is 1.24 bits per heavy atom. The molecule has 0 saturated carbocycles. The van der Waals surface area contributed by atoms with Crippen molar-refractivity contribution < 1.29 is 9.32 Å². The third-order valence-corrected chi connectivity index (χ3v) is 4.55. The number of hydrogen-bond acceptors (Lipinski definition) is 5. The Morgan fingerprint density at radius 3 is 2.84 bits per heavy atom. The summed E-state index contributed by atoms with van der Waals surface area (Å²) in [5.41, 5.74) is 2.66. The van der Waals surface area contributed by atoms with Crippen molar-refractivity contribution in [1.82, 2.24) is 15.1 Å². The van der Waals surface area contributed by atoms with Gasteiger partial charge < -0.3 is 9.42 Å². The average molecular weight is 355 g/mol. The molecule has 25 heavy (non-hydrogen) atoms. The molecular formula is C18H15ClN4O2. The largest absolute Gasteiger partial charge is 0.339 e. The maximum atomic E-state index is 12.5. The van der Waals surface area contributed by atoms with Gasteiger partial charge in [0.25, 0.3) is 0 Å². The molecule has 0 radical (unpaired) electrons. The molecule has 3 aromatic rings. The van der Waals surface area contributed by atoms with Gasteiger partial charge in [0, 0.05) is 41.6 Å². The van der Waals surface area contributed by atoms with Crippen LogP contribution in [-0.2, 0) is 4.79 Å². The molecule has 0 bridgehead atoms.